The van der Waals surface area contributed by atoms with Gasteiger partial charge in [-0.3, -0.25) is 0 Å². The van der Waals surface area contributed by atoms with E-state index in [9.17, 15) is 0 Å². The van der Waals surface area contributed by atoms with Crippen LogP contribution < -0.4 is 4.74 Å². The minimum absolute atomic E-state index is 0.0214. The number of ether oxygens (including phenoxy) is 1. The Morgan fingerprint density at radius 1 is 1.50 bits per heavy atom. The number of benzene rings is 1. The third-order valence-corrected chi connectivity index (χ3v) is 3.98. The van der Waals surface area contributed by atoms with Gasteiger partial charge in [0.1, 0.15) is 5.75 Å². The zero-order valence-electron chi connectivity index (χ0n) is 7.58. The SMILES string of the molecule is COc1c(CO)ccc2cc(I)sc12. The lowest BCUT2D eigenvalue weighted by atomic mass is 10.1. The highest BCUT2D eigenvalue weighted by Crippen LogP contribution is 2.36. The van der Waals surface area contributed by atoms with Crippen molar-refractivity contribution in [3.05, 3.63) is 26.6 Å². The first kappa shape index (κ1) is 10.2. The Kier molecular flexibility index (Phi) is 2.94. The zero-order chi connectivity index (χ0) is 10.1. The van der Waals surface area contributed by atoms with Gasteiger partial charge in [-0.2, -0.15) is 0 Å². The van der Waals surface area contributed by atoms with Crippen molar-refractivity contribution >= 4 is 44.0 Å². The van der Waals surface area contributed by atoms with E-state index in [0.29, 0.717) is 0 Å². The molecule has 0 aliphatic heterocycles. The Morgan fingerprint density at radius 3 is 2.93 bits per heavy atom. The summed E-state index contributed by atoms with van der Waals surface area (Å²) in [6.45, 7) is 0.0214. The van der Waals surface area contributed by atoms with E-state index in [0.717, 1.165) is 16.0 Å². The Morgan fingerprint density at radius 2 is 2.29 bits per heavy atom. The molecule has 1 N–H and O–H groups in total. The summed E-state index contributed by atoms with van der Waals surface area (Å²) < 4.78 is 7.65. The minimum Gasteiger partial charge on any atom is -0.495 e. The fourth-order valence-electron chi connectivity index (χ4n) is 1.44. The van der Waals surface area contributed by atoms with Crippen molar-refractivity contribution in [1.82, 2.24) is 0 Å². The van der Waals surface area contributed by atoms with Crippen LogP contribution in [0, 0.1) is 2.88 Å². The van der Waals surface area contributed by atoms with Crippen LogP contribution in [0.15, 0.2) is 18.2 Å². The molecule has 0 saturated carbocycles. The monoisotopic (exact) mass is 320 g/mol. The fourth-order valence-corrected chi connectivity index (χ4v) is 3.36. The van der Waals surface area contributed by atoms with Crippen molar-refractivity contribution in [1.29, 1.82) is 0 Å². The van der Waals surface area contributed by atoms with Crippen LogP contribution in [0.4, 0.5) is 0 Å². The van der Waals surface area contributed by atoms with Crippen LogP contribution in [0.3, 0.4) is 0 Å². The molecular formula is C10H9IO2S. The molecule has 2 aromatic rings. The van der Waals surface area contributed by atoms with Gasteiger partial charge in [0, 0.05) is 5.56 Å². The lowest BCUT2D eigenvalue weighted by Gasteiger charge is -2.06. The van der Waals surface area contributed by atoms with Crippen LogP contribution in [-0.4, -0.2) is 12.2 Å². The van der Waals surface area contributed by atoms with Gasteiger partial charge in [0.25, 0.3) is 0 Å². The van der Waals surface area contributed by atoms with Crippen molar-refractivity contribution in [2.45, 2.75) is 6.61 Å². The third kappa shape index (κ3) is 1.62. The van der Waals surface area contributed by atoms with Crippen molar-refractivity contribution in [3.63, 3.8) is 0 Å². The second-order valence-corrected chi connectivity index (χ2v) is 5.83. The van der Waals surface area contributed by atoms with Gasteiger partial charge in [0.15, 0.2) is 0 Å². The quantitative estimate of drug-likeness (QED) is 0.862. The molecule has 0 spiro atoms. The Hall–Kier alpha value is -0.330. The van der Waals surface area contributed by atoms with Crippen molar-refractivity contribution in [2.24, 2.45) is 0 Å². The maximum absolute atomic E-state index is 9.14. The molecule has 0 bridgehead atoms. The Balaban J connectivity index is 2.75. The van der Waals surface area contributed by atoms with Crippen LogP contribution >= 0.6 is 33.9 Å². The summed E-state index contributed by atoms with van der Waals surface area (Å²) in [7, 11) is 1.64. The topological polar surface area (TPSA) is 29.5 Å². The molecule has 0 atom stereocenters. The summed E-state index contributed by atoms with van der Waals surface area (Å²) in [6, 6.07) is 6.04. The van der Waals surface area contributed by atoms with Crippen LogP contribution in [0.1, 0.15) is 5.56 Å². The van der Waals surface area contributed by atoms with Gasteiger partial charge in [-0.1, -0.05) is 12.1 Å². The first-order valence-corrected chi connectivity index (χ1v) is 6.01. The molecule has 0 radical (unpaired) electrons. The molecule has 74 valence electrons. The highest BCUT2D eigenvalue weighted by Gasteiger charge is 2.09. The van der Waals surface area contributed by atoms with Crippen LogP contribution in [0.25, 0.3) is 10.1 Å². The van der Waals surface area contributed by atoms with Gasteiger partial charge in [-0.15, -0.1) is 11.3 Å². The molecule has 14 heavy (non-hydrogen) atoms. The molecule has 0 unspecified atom stereocenters. The van der Waals surface area contributed by atoms with E-state index >= 15 is 0 Å². The van der Waals surface area contributed by atoms with Gasteiger partial charge >= 0.3 is 0 Å². The molecule has 0 amide bonds. The molecule has 1 aromatic carbocycles. The summed E-state index contributed by atoms with van der Waals surface area (Å²) >= 11 is 3.97. The largest absolute Gasteiger partial charge is 0.495 e. The molecule has 2 rings (SSSR count). The number of rotatable bonds is 2. The second-order valence-electron chi connectivity index (χ2n) is 2.88. The number of halogens is 1. The molecule has 0 aliphatic carbocycles. The van der Waals surface area contributed by atoms with Crippen LogP contribution in [0.2, 0.25) is 0 Å². The maximum atomic E-state index is 9.14. The van der Waals surface area contributed by atoms with Crippen LogP contribution in [0.5, 0.6) is 5.75 Å². The summed E-state index contributed by atoms with van der Waals surface area (Å²) in [4.78, 5) is 0. The smallest absolute Gasteiger partial charge is 0.142 e. The molecule has 0 fully saturated rings. The minimum atomic E-state index is 0.0214. The van der Waals surface area contributed by atoms with Gasteiger partial charge < -0.3 is 9.84 Å². The standard InChI is InChI=1S/C10H9IO2S/c1-13-9-7(5-12)3-2-6-4-8(11)14-10(6)9/h2-4,12H,5H2,1H3. The average Bonchev–Trinajstić information content (AvgIpc) is 2.56. The van der Waals surface area contributed by atoms with Crippen LogP contribution in [-0.2, 0) is 6.61 Å². The number of thiophene rings is 1. The molecule has 0 saturated heterocycles. The molecule has 1 heterocycles. The van der Waals surface area contributed by atoms with Crippen molar-refractivity contribution < 1.29 is 9.84 Å². The van der Waals surface area contributed by atoms with E-state index in [1.165, 1.54) is 8.27 Å². The van der Waals surface area contributed by atoms with Gasteiger partial charge in [-0.05, 0) is 34.0 Å². The van der Waals surface area contributed by atoms with E-state index in [1.807, 2.05) is 12.1 Å². The highest BCUT2D eigenvalue weighted by molar-refractivity contribution is 14.1. The van der Waals surface area contributed by atoms with Crippen molar-refractivity contribution in [2.75, 3.05) is 7.11 Å². The summed E-state index contributed by atoms with van der Waals surface area (Å²) in [5.41, 5.74) is 0.846. The predicted octanol–water partition coefficient (Wildman–Crippen LogP) is 3.01. The van der Waals surface area contributed by atoms with E-state index in [1.54, 1.807) is 18.4 Å². The fraction of sp³-hybridized carbons (Fsp3) is 0.200. The van der Waals surface area contributed by atoms with E-state index in [2.05, 4.69) is 28.7 Å². The summed E-state index contributed by atoms with van der Waals surface area (Å²) in [6.07, 6.45) is 0. The normalized spacial score (nSPS) is 10.8. The Labute approximate surface area is 99.7 Å². The Bertz CT molecular complexity index is 464. The third-order valence-electron chi connectivity index (χ3n) is 2.07. The van der Waals surface area contributed by atoms with E-state index in [-0.39, 0.29) is 6.61 Å². The van der Waals surface area contributed by atoms with E-state index < -0.39 is 0 Å². The predicted molar refractivity (Wildman–Crippen MR) is 67.0 cm³/mol. The second kappa shape index (κ2) is 4.04. The number of methoxy groups -OCH3 is 1. The summed E-state index contributed by atoms with van der Waals surface area (Å²) in [5.74, 6) is 0.804. The maximum Gasteiger partial charge on any atom is 0.142 e. The zero-order valence-corrected chi connectivity index (χ0v) is 10.6. The molecule has 4 heteroatoms. The lowest BCUT2D eigenvalue weighted by molar-refractivity contribution is 0.274. The number of fused-ring (bicyclic) bond motifs is 1. The first-order valence-electron chi connectivity index (χ1n) is 4.12. The number of hydrogen-bond donors (Lipinski definition) is 1. The van der Waals surface area contributed by atoms with E-state index in [4.69, 9.17) is 9.84 Å². The molecular weight excluding hydrogens is 311 g/mol. The first-order chi connectivity index (χ1) is 6.76. The van der Waals surface area contributed by atoms with Gasteiger partial charge in [-0.25, -0.2) is 0 Å². The number of aliphatic hydroxyl groups excluding tert-OH is 1. The number of aliphatic hydroxyl groups is 1. The average molecular weight is 320 g/mol. The van der Waals surface area contributed by atoms with Crippen molar-refractivity contribution in [3.8, 4) is 5.75 Å². The molecule has 0 aliphatic rings. The molecule has 1 aromatic heterocycles. The van der Waals surface area contributed by atoms with Gasteiger partial charge in [0.05, 0.1) is 21.3 Å². The summed E-state index contributed by atoms with van der Waals surface area (Å²) in [5, 5.41) is 10.3. The molecule has 2 nitrogen and oxygen atoms in total. The number of hydrogen-bond acceptors (Lipinski definition) is 3. The van der Waals surface area contributed by atoms with Gasteiger partial charge in [0.2, 0.25) is 0 Å². The lowest BCUT2D eigenvalue weighted by Crippen LogP contribution is -1.91. The highest BCUT2D eigenvalue weighted by atomic mass is 127.